The van der Waals surface area contributed by atoms with Gasteiger partial charge in [0.2, 0.25) is 0 Å². The van der Waals surface area contributed by atoms with E-state index in [-0.39, 0.29) is 16.3 Å². The lowest BCUT2D eigenvalue weighted by molar-refractivity contribution is -0.237. The second kappa shape index (κ2) is 15.1. The Hall–Kier alpha value is -4.90. The molecule has 16 heteroatoms. The zero-order chi connectivity index (χ0) is 36.4. The number of carbonyl (C=O) groups excluding carboxylic acids is 5. The molecule has 0 aliphatic carbocycles. The highest BCUT2D eigenvalue weighted by molar-refractivity contribution is 8.14. The number of benzene rings is 2. The van der Waals surface area contributed by atoms with Crippen LogP contribution in [0.25, 0.3) is 25.6 Å². The molecule has 0 bridgehead atoms. The van der Waals surface area contributed by atoms with Crippen LogP contribution in [0.5, 0.6) is 0 Å². The Kier molecular flexibility index (Phi) is 10.7. The molecule has 1 fully saturated rings. The molecule has 6 rings (SSSR count). The van der Waals surface area contributed by atoms with E-state index in [1.54, 1.807) is 48.5 Å². The molecule has 2 aromatic heterocycles. The summed E-state index contributed by atoms with van der Waals surface area (Å²) >= 11 is 3.74. The molecule has 264 valence electrons. The molecule has 0 spiro atoms. The SMILES string of the molecule is CC(=O)OCC1OC(SC2=NC(=Cc3cc4c(=O)c5ccccc5sc4s3)C(=O)N2c2ccccc2)C(OC(C)=O)C(OC(C)=O)C1OC(C)=O. The Morgan fingerprint density at radius 2 is 1.47 bits per heavy atom. The number of aliphatic imine (C=N–C) groups is 1. The number of thioether (sulfide) groups is 1. The summed E-state index contributed by atoms with van der Waals surface area (Å²) in [5.41, 5.74) is -0.799. The van der Waals surface area contributed by atoms with E-state index in [0.717, 1.165) is 41.2 Å². The van der Waals surface area contributed by atoms with E-state index in [1.165, 1.54) is 34.5 Å². The van der Waals surface area contributed by atoms with E-state index in [2.05, 4.69) is 4.99 Å². The zero-order valence-electron chi connectivity index (χ0n) is 27.6. The summed E-state index contributed by atoms with van der Waals surface area (Å²) in [5, 5.41) is 1.27. The number of ether oxygens (including phenoxy) is 5. The third-order valence-corrected chi connectivity index (χ3v) is 11.0. The van der Waals surface area contributed by atoms with Crippen LogP contribution >= 0.6 is 34.4 Å². The number of nitrogens with zero attached hydrogens (tertiary/aromatic N) is 2. The van der Waals surface area contributed by atoms with E-state index in [9.17, 15) is 28.8 Å². The fourth-order valence-corrected chi connectivity index (χ4v) is 9.21. The van der Waals surface area contributed by atoms with Crippen molar-refractivity contribution in [1.29, 1.82) is 0 Å². The molecule has 0 N–H and O–H groups in total. The molecule has 2 aliphatic rings. The highest BCUT2D eigenvalue weighted by atomic mass is 32.2. The van der Waals surface area contributed by atoms with E-state index in [4.69, 9.17) is 23.7 Å². The van der Waals surface area contributed by atoms with E-state index >= 15 is 0 Å². The van der Waals surface area contributed by atoms with Gasteiger partial charge in [0, 0.05) is 42.7 Å². The molecule has 4 heterocycles. The number of fused-ring (bicyclic) bond motifs is 2. The van der Waals surface area contributed by atoms with Gasteiger partial charge >= 0.3 is 23.9 Å². The Labute approximate surface area is 302 Å². The maximum absolute atomic E-state index is 14.1. The van der Waals surface area contributed by atoms with Gasteiger partial charge in [-0.1, -0.05) is 42.1 Å². The van der Waals surface area contributed by atoms with Gasteiger partial charge in [-0.05, 0) is 36.4 Å². The van der Waals surface area contributed by atoms with Crippen LogP contribution in [0.4, 0.5) is 5.69 Å². The van der Waals surface area contributed by atoms with Gasteiger partial charge in [-0.15, -0.1) is 22.7 Å². The van der Waals surface area contributed by atoms with Crippen molar-refractivity contribution in [2.24, 2.45) is 4.99 Å². The van der Waals surface area contributed by atoms with Gasteiger partial charge in [0.25, 0.3) is 5.91 Å². The van der Waals surface area contributed by atoms with E-state index < -0.39 is 66.2 Å². The molecule has 51 heavy (non-hydrogen) atoms. The molecular weight excluding hydrogens is 721 g/mol. The van der Waals surface area contributed by atoms with Gasteiger partial charge in [0.1, 0.15) is 18.4 Å². The topological polar surface area (TPSA) is 164 Å². The number of anilines is 1. The van der Waals surface area contributed by atoms with Gasteiger partial charge in [-0.3, -0.25) is 33.7 Å². The second-order valence-electron chi connectivity index (χ2n) is 11.4. The fourth-order valence-electron chi connectivity index (χ4n) is 5.59. The number of hydrogen-bond donors (Lipinski definition) is 0. The summed E-state index contributed by atoms with van der Waals surface area (Å²) in [6.07, 6.45) is -3.68. The minimum atomic E-state index is -1.39. The van der Waals surface area contributed by atoms with Crippen molar-refractivity contribution in [1.82, 2.24) is 0 Å². The monoisotopic (exact) mass is 750 g/mol. The van der Waals surface area contributed by atoms with Gasteiger partial charge in [0.05, 0.1) is 15.1 Å². The Bertz CT molecular complexity index is 2160. The average molecular weight is 751 g/mol. The van der Waals surface area contributed by atoms with Crippen LogP contribution in [-0.4, -0.2) is 71.4 Å². The van der Waals surface area contributed by atoms with Crippen LogP contribution in [0.15, 0.2) is 76.1 Å². The van der Waals surface area contributed by atoms with Crippen molar-refractivity contribution >= 4 is 101 Å². The zero-order valence-corrected chi connectivity index (χ0v) is 30.0. The lowest BCUT2D eigenvalue weighted by Crippen LogP contribution is -2.61. The Morgan fingerprint density at radius 1 is 0.824 bits per heavy atom. The first kappa shape index (κ1) is 35.9. The maximum atomic E-state index is 14.1. The summed E-state index contributed by atoms with van der Waals surface area (Å²) in [6.45, 7) is 4.20. The van der Waals surface area contributed by atoms with Gasteiger partial charge < -0.3 is 23.7 Å². The molecule has 5 atom stereocenters. The van der Waals surface area contributed by atoms with Crippen LogP contribution in [0, 0.1) is 0 Å². The largest absolute Gasteiger partial charge is 0.463 e. The van der Waals surface area contributed by atoms with Gasteiger partial charge in [0.15, 0.2) is 34.3 Å². The highest BCUT2D eigenvalue weighted by Gasteiger charge is 2.53. The fraction of sp³-hybridized carbons (Fsp3) is 0.286. The normalized spacial score (nSPS) is 22.5. The number of hydrogen-bond acceptors (Lipinski definition) is 15. The molecule has 0 saturated carbocycles. The van der Waals surface area contributed by atoms with Crippen molar-refractivity contribution in [3.8, 4) is 0 Å². The van der Waals surface area contributed by atoms with E-state index in [1.807, 2.05) is 18.2 Å². The second-order valence-corrected chi connectivity index (χ2v) is 14.8. The number of amides is 1. The number of amidine groups is 1. The van der Waals surface area contributed by atoms with Crippen LogP contribution in [0.3, 0.4) is 0 Å². The number of carbonyl (C=O) groups is 5. The van der Waals surface area contributed by atoms with Crippen LogP contribution in [-0.2, 0) is 47.7 Å². The third kappa shape index (κ3) is 7.88. The standard InChI is InChI=1S/C35H30N2O11S3/c1-17(38)44-16-26-29(45-18(2)39)30(46-19(3)40)31(47-20(4)41)33(48-26)51-35-36-25(32(43)37(35)21-10-6-5-7-11-21)15-22-14-24-28(42)23-12-8-9-13-27(23)50-34(24)49-22/h5-15,26,29-31,33H,16H2,1-4H3. The molecule has 2 aromatic carbocycles. The lowest BCUT2D eigenvalue weighted by atomic mass is 9.99. The number of para-hydroxylation sites is 1. The van der Waals surface area contributed by atoms with Crippen molar-refractivity contribution in [2.45, 2.75) is 57.5 Å². The molecule has 5 unspecified atom stereocenters. The minimum Gasteiger partial charge on any atom is -0.463 e. The first-order chi connectivity index (χ1) is 24.4. The van der Waals surface area contributed by atoms with Crippen LogP contribution < -0.4 is 10.3 Å². The molecule has 1 amide bonds. The summed E-state index contributed by atoms with van der Waals surface area (Å²) in [6, 6.07) is 17.8. The molecule has 2 aliphatic heterocycles. The summed E-state index contributed by atoms with van der Waals surface area (Å²) in [4.78, 5) is 82.6. The van der Waals surface area contributed by atoms with Gasteiger partial charge in [-0.25, -0.2) is 4.99 Å². The highest BCUT2D eigenvalue weighted by Crippen LogP contribution is 2.39. The van der Waals surface area contributed by atoms with Crippen molar-refractivity contribution in [3.05, 3.63) is 81.5 Å². The van der Waals surface area contributed by atoms with Crippen LogP contribution in [0.1, 0.15) is 32.6 Å². The summed E-state index contributed by atoms with van der Waals surface area (Å²) in [5.74, 6) is -3.41. The van der Waals surface area contributed by atoms with Crippen molar-refractivity contribution in [2.75, 3.05) is 11.5 Å². The predicted molar refractivity (Wildman–Crippen MR) is 192 cm³/mol. The molecule has 13 nitrogen and oxygen atoms in total. The third-order valence-electron chi connectivity index (χ3n) is 7.59. The Balaban J connectivity index is 1.42. The average Bonchev–Trinajstić information content (AvgIpc) is 3.62. The Morgan fingerprint density at radius 3 is 2.16 bits per heavy atom. The molecule has 4 aromatic rings. The number of rotatable bonds is 8. The molecular formula is C35H30N2O11S3. The quantitative estimate of drug-likeness (QED) is 0.134. The first-order valence-electron chi connectivity index (χ1n) is 15.5. The number of esters is 4. The summed E-state index contributed by atoms with van der Waals surface area (Å²) in [7, 11) is 0. The summed E-state index contributed by atoms with van der Waals surface area (Å²) < 4.78 is 29.8. The smallest absolute Gasteiger partial charge is 0.303 e. The van der Waals surface area contributed by atoms with Crippen molar-refractivity contribution in [3.63, 3.8) is 0 Å². The minimum absolute atomic E-state index is 0.0561. The maximum Gasteiger partial charge on any atom is 0.303 e. The lowest BCUT2D eigenvalue weighted by Gasteiger charge is -2.44. The first-order valence-corrected chi connectivity index (χ1v) is 18.0. The molecule has 0 radical (unpaired) electrons. The van der Waals surface area contributed by atoms with Crippen molar-refractivity contribution < 1.29 is 47.7 Å². The number of thiophene rings is 1. The predicted octanol–water partition coefficient (Wildman–Crippen LogP) is 5.04. The van der Waals surface area contributed by atoms with Crippen LogP contribution in [0.2, 0.25) is 0 Å². The van der Waals surface area contributed by atoms with Gasteiger partial charge in [-0.2, -0.15) is 0 Å². The van der Waals surface area contributed by atoms with E-state index in [0.29, 0.717) is 21.3 Å². The molecule has 1 saturated heterocycles.